The van der Waals surface area contributed by atoms with Gasteiger partial charge in [0.1, 0.15) is 5.56 Å². The predicted octanol–water partition coefficient (Wildman–Crippen LogP) is 2.70. The van der Waals surface area contributed by atoms with Crippen LogP contribution in [-0.4, -0.2) is 28.9 Å². The lowest BCUT2D eigenvalue weighted by Gasteiger charge is -2.16. The minimum Gasteiger partial charge on any atom is -0.332 e. The van der Waals surface area contributed by atoms with Crippen LogP contribution in [0.1, 0.15) is 17.3 Å². The maximum absolute atomic E-state index is 12.2. The van der Waals surface area contributed by atoms with Crippen LogP contribution < -0.4 is 15.5 Å². The third-order valence-electron chi connectivity index (χ3n) is 3.56. The van der Waals surface area contributed by atoms with Crippen molar-refractivity contribution in [2.75, 3.05) is 17.3 Å². The number of nitro benzene ring substituents is 1. The second-order valence-corrected chi connectivity index (χ2v) is 5.72. The van der Waals surface area contributed by atoms with Gasteiger partial charge in [0, 0.05) is 31.4 Å². The van der Waals surface area contributed by atoms with Crippen LogP contribution in [0.5, 0.6) is 0 Å². The summed E-state index contributed by atoms with van der Waals surface area (Å²) < 4.78 is 0. The number of nitro groups is 1. The standard InChI is InChI=1S/C17H16N4O4S/c1-11(22)20(2)13-9-7-12(8-10-13)18-17(26)19-16(23)14-5-3-4-6-15(14)21(24)25/h3-10H,1-2H3,(H2,18,19,23,26). The Labute approximate surface area is 155 Å². The minimum absolute atomic E-state index is 0.000763. The molecule has 0 saturated heterocycles. The number of nitrogens with zero attached hydrogens (tertiary/aromatic N) is 2. The number of anilines is 2. The van der Waals surface area contributed by atoms with Crippen molar-refractivity contribution in [3.63, 3.8) is 0 Å². The van der Waals surface area contributed by atoms with E-state index in [2.05, 4.69) is 10.6 Å². The van der Waals surface area contributed by atoms with E-state index >= 15 is 0 Å². The van der Waals surface area contributed by atoms with Crippen molar-refractivity contribution in [1.29, 1.82) is 0 Å². The van der Waals surface area contributed by atoms with Gasteiger partial charge < -0.3 is 10.2 Å². The van der Waals surface area contributed by atoms with Crippen molar-refractivity contribution >= 4 is 46.2 Å². The van der Waals surface area contributed by atoms with Crippen molar-refractivity contribution in [3.8, 4) is 0 Å². The molecule has 26 heavy (non-hydrogen) atoms. The summed E-state index contributed by atoms with van der Waals surface area (Å²) in [5, 5.41) is 16.2. The van der Waals surface area contributed by atoms with Crippen LogP contribution in [0.25, 0.3) is 0 Å². The number of nitrogens with one attached hydrogen (secondary N) is 2. The van der Waals surface area contributed by atoms with Gasteiger partial charge in [0.25, 0.3) is 11.6 Å². The zero-order chi connectivity index (χ0) is 19.3. The number of rotatable bonds is 4. The summed E-state index contributed by atoms with van der Waals surface area (Å²) in [5.74, 6) is -0.777. The average Bonchev–Trinajstić information content (AvgIpc) is 2.61. The van der Waals surface area contributed by atoms with E-state index < -0.39 is 10.8 Å². The Kier molecular flexibility index (Phi) is 5.97. The van der Waals surface area contributed by atoms with Gasteiger partial charge in [0.05, 0.1) is 4.92 Å². The van der Waals surface area contributed by atoms with Gasteiger partial charge >= 0.3 is 0 Å². The van der Waals surface area contributed by atoms with Gasteiger partial charge in [-0.15, -0.1) is 0 Å². The number of hydrogen-bond donors (Lipinski definition) is 2. The maximum Gasteiger partial charge on any atom is 0.282 e. The Bertz CT molecular complexity index is 867. The quantitative estimate of drug-likeness (QED) is 0.486. The van der Waals surface area contributed by atoms with E-state index in [4.69, 9.17) is 12.2 Å². The minimum atomic E-state index is -0.678. The fourth-order valence-corrected chi connectivity index (χ4v) is 2.32. The third kappa shape index (κ3) is 4.61. The second-order valence-electron chi connectivity index (χ2n) is 5.31. The highest BCUT2D eigenvalue weighted by atomic mass is 32.1. The first-order valence-electron chi connectivity index (χ1n) is 7.49. The first-order valence-corrected chi connectivity index (χ1v) is 7.90. The van der Waals surface area contributed by atoms with E-state index in [1.165, 1.54) is 36.1 Å². The molecule has 0 aliphatic heterocycles. The molecule has 9 heteroatoms. The molecule has 0 aromatic heterocycles. The van der Waals surface area contributed by atoms with Crippen molar-refractivity contribution < 1.29 is 14.5 Å². The smallest absolute Gasteiger partial charge is 0.282 e. The van der Waals surface area contributed by atoms with Crippen LogP contribution in [0.2, 0.25) is 0 Å². The zero-order valence-electron chi connectivity index (χ0n) is 14.1. The average molecular weight is 372 g/mol. The number of amides is 2. The van der Waals surface area contributed by atoms with E-state index in [9.17, 15) is 19.7 Å². The molecular formula is C17H16N4O4S. The molecule has 2 rings (SSSR count). The normalized spacial score (nSPS) is 9.92. The number of carbonyl (C=O) groups is 2. The molecule has 0 aliphatic carbocycles. The Morgan fingerprint density at radius 1 is 1.12 bits per heavy atom. The molecule has 0 aliphatic rings. The van der Waals surface area contributed by atoms with Gasteiger partial charge in [-0.3, -0.25) is 25.0 Å². The van der Waals surface area contributed by atoms with Gasteiger partial charge in [-0.25, -0.2) is 0 Å². The molecule has 0 fully saturated rings. The Hall–Kier alpha value is -3.33. The van der Waals surface area contributed by atoms with Crippen molar-refractivity contribution in [3.05, 3.63) is 64.2 Å². The van der Waals surface area contributed by atoms with E-state index in [0.29, 0.717) is 11.4 Å². The molecular weight excluding hydrogens is 356 g/mol. The fourth-order valence-electron chi connectivity index (χ4n) is 2.11. The van der Waals surface area contributed by atoms with Crippen LogP contribution in [0.4, 0.5) is 17.1 Å². The zero-order valence-corrected chi connectivity index (χ0v) is 14.9. The predicted molar refractivity (Wildman–Crippen MR) is 102 cm³/mol. The third-order valence-corrected chi connectivity index (χ3v) is 3.76. The SMILES string of the molecule is CC(=O)N(C)c1ccc(NC(=S)NC(=O)c2ccccc2[N+](=O)[O-])cc1. The lowest BCUT2D eigenvalue weighted by Crippen LogP contribution is -2.34. The van der Waals surface area contributed by atoms with Crippen LogP contribution >= 0.6 is 12.2 Å². The summed E-state index contributed by atoms with van der Waals surface area (Å²) in [6.45, 7) is 1.46. The highest BCUT2D eigenvalue weighted by Crippen LogP contribution is 2.18. The molecule has 134 valence electrons. The summed E-state index contributed by atoms with van der Waals surface area (Å²) in [4.78, 5) is 35.4. The van der Waals surface area contributed by atoms with E-state index in [-0.39, 0.29) is 22.3 Å². The van der Waals surface area contributed by atoms with Crippen LogP contribution in [0, 0.1) is 10.1 Å². The Morgan fingerprint density at radius 2 is 1.73 bits per heavy atom. The van der Waals surface area contributed by atoms with E-state index in [0.717, 1.165) is 0 Å². The number of carbonyl (C=O) groups excluding carboxylic acids is 2. The topological polar surface area (TPSA) is 105 Å². The molecule has 0 heterocycles. The second kappa shape index (κ2) is 8.17. The lowest BCUT2D eigenvalue weighted by atomic mass is 10.1. The molecule has 0 radical (unpaired) electrons. The summed E-state index contributed by atoms with van der Waals surface area (Å²) >= 11 is 5.07. The molecule has 2 aromatic rings. The van der Waals surface area contributed by atoms with Crippen LogP contribution in [0.3, 0.4) is 0 Å². The fraction of sp³-hybridized carbons (Fsp3) is 0.118. The molecule has 2 aromatic carbocycles. The first kappa shape index (κ1) is 19.0. The molecule has 0 spiro atoms. The van der Waals surface area contributed by atoms with Crippen molar-refractivity contribution in [2.24, 2.45) is 0 Å². The Morgan fingerprint density at radius 3 is 2.31 bits per heavy atom. The van der Waals surface area contributed by atoms with Crippen LogP contribution in [-0.2, 0) is 4.79 Å². The summed E-state index contributed by atoms with van der Waals surface area (Å²) in [6.07, 6.45) is 0. The molecule has 0 bridgehead atoms. The van der Waals surface area contributed by atoms with E-state index in [1.807, 2.05) is 0 Å². The molecule has 2 N–H and O–H groups in total. The van der Waals surface area contributed by atoms with E-state index in [1.54, 1.807) is 31.3 Å². The van der Waals surface area contributed by atoms with Crippen molar-refractivity contribution in [2.45, 2.75) is 6.92 Å². The number of para-hydroxylation sites is 1. The van der Waals surface area contributed by atoms with Gasteiger partial charge in [0.15, 0.2) is 5.11 Å². The van der Waals surface area contributed by atoms with Crippen molar-refractivity contribution in [1.82, 2.24) is 5.32 Å². The lowest BCUT2D eigenvalue weighted by molar-refractivity contribution is -0.385. The summed E-state index contributed by atoms with van der Waals surface area (Å²) in [5.41, 5.74) is 0.918. The molecule has 0 atom stereocenters. The molecule has 8 nitrogen and oxygen atoms in total. The highest BCUT2D eigenvalue weighted by molar-refractivity contribution is 7.80. The highest BCUT2D eigenvalue weighted by Gasteiger charge is 2.19. The molecule has 0 unspecified atom stereocenters. The first-order chi connectivity index (χ1) is 12.3. The number of hydrogen-bond acceptors (Lipinski definition) is 5. The largest absolute Gasteiger partial charge is 0.332 e. The summed E-state index contributed by atoms with van der Waals surface area (Å²) in [6, 6.07) is 12.4. The maximum atomic E-state index is 12.2. The van der Waals surface area contributed by atoms with Gasteiger partial charge in [-0.1, -0.05) is 12.1 Å². The Balaban J connectivity index is 2.04. The van der Waals surface area contributed by atoms with Gasteiger partial charge in [0.2, 0.25) is 5.91 Å². The molecule has 2 amide bonds. The summed E-state index contributed by atoms with van der Waals surface area (Å²) in [7, 11) is 1.66. The van der Waals surface area contributed by atoms with Crippen LogP contribution in [0.15, 0.2) is 48.5 Å². The monoisotopic (exact) mass is 372 g/mol. The van der Waals surface area contributed by atoms with Gasteiger partial charge in [-0.05, 0) is 42.5 Å². The van der Waals surface area contributed by atoms with Gasteiger partial charge in [-0.2, -0.15) is 0 Å². The number of thiocarbonyl (C=S) groups is 1. The number of benzene rings is 2. The molecule has 0 saturated carbocycles.